The van der Waals surface area contributed by atoms with Gasteiger partial charge in [0.25, 0.3) is 5.91 Å². The first-order chi connectivity index (χ1) is 14.2. The number of pyridine rings is 1. The lowest BCUT2D eigenvalue weighted by molar-refractivity contribution is -0.208. The number of aromatic nitrogens is 1. The third-order valence-electron chi connectivity index (χ3n) is 4.45. The first kappa shape index (κ1) is 19.7. The first-order valence-electron chi connectivity index (χ1n) is 8.79. The fourth-order valence-corrected chi connectivity index (χ4v) is 3.04. The number of amides is 1. The summed E-state index contributed by atoms with van der Waals surface area (Å²) in [5.74, 6) is -2.74. The Balaban J connectivity index is 1.56. The van der Waals surface area contributed by atoms with Crippen LogP contribution in [0.2, 0.25) is 0 Å². The summed E-state index contributed by atoms with van der Waals surface area (Å²) in [5, 5.41) is 2.33. The molecular formula is C21H14F4N2O3. The van der Waals surface area contributed by atoms with Crippen LogP contribution in [-0.4, -0.2) is 23.6 Å². The number of fused-ring (bicyclic) bond motifs is 1. The molecule has 154 valence electrons. The fourth-order valence-electron chi connectivity index (χ4n) is 3.04. The summed E-state index contributed by atoms with van der Waals surface area (Å²) in [5.41, 5.74) is 1.21. The number of benzene rings is 2. The van der Waals surface area contributed by atoms with Gasteiger partial charge in [0, 0.05) is 11.8 Å². The zero-order chi connectivity index (χ0) is 21.5. The Morgan fingerprint density at radius 1 is 1.10 bits per heavy atom. The topological polar surface area (TPSA) is 60.5 Å². The van der Waals surface area contributed by atoms with Crippen LogP contribution in [0.25, 0.3) is 11.1 Å². The molecule has 30 heavy (non-hydrogen) atoms. The van der Waals surface area contributed by atoms with Gasteiger partial charge in [-0.1, -0.05) is 6.07 Å². The van der Waals surface area contributed by atoms with Gasteiger partial charge in [-0.2, -0.15) is 8.78 Å². The molecule has 0 aliphatic carbocycles. The van der Waals surface area contributed by atoms with Gasteiger partial charge in [-0.15, -0.1) is 0 Å². The van der Waals surface area contributed by atoms with Gasteiger partial charge in [-0.3, -0.25) is 4.79 Å². The van der Waals surface area contributed by atoms with Crippen molar-refractivity contribution < 1.29 is 31.8 Å². The van der Waals surface area contributed by atoms with Crippen molar-refractivity contribution in [1.29, 1.82) is 0 Å². The lowest BCUT2D eigenvalue weighted by Gasteiger charge is -2.26. The summed E-state index contributed by atoms with van der Waals surface area (Å²) in [7, 11) is 0. The van der Waals surface area contributed by atoms with Gasteiger partial charge in [0.05, 0.1) is 0 Å². The number of alkyl halides is 2. The molecule has 0 atom stereocenters. The van der Waals surface area contributed by atoms with E-state index >= 15 is 0 Å². The molecule has 5 nitrogen and oxygen atoms in total. The van der Waals surface area contributed by atoms with Crippen molar-refractivity contribution in [2.45, 2.75) is 13.0 Å². The Labute approximate surface area is 168 Å². The zero-order valence-corrected chi connectivity index (χ0v) is 15.5. The minimum Gasteiger partial charge on any atom is -0.479 e. The third-order valence-corrected chi connectivity index (χ3v) is 4.45. The van der Waals surface area contributed by atoms with Crippen molar-refractivity contribution in [3.63, 3.8) is 0 Å². The molecule has 0 fully saturated rings. The van der Waals surface area contributed by atoms with Gasteiger partial charge in [-0.25, -0.2) is 13.8 Å². The quantitative estimate of drug-likeness (QED) is 0.612. The molecule has 9 heteroatoms. The van der Waals surface area contributed by atoms with Crippen LogP contribution in [0.3, 0.4) is 0 Å². The Bertz CT molecular complexity index is 1110. The lowest BCUT2D eigenvalue weighted by atomic mass is 10.0. The molecule has 0 saturated heterocycles. The first-order valence-corrected chi connectivity index (χ1v) is 8.79. The number of rotatable bonds is 3. The Hall–Kier alpha value is -3.62. The normalized spacial score (nSPS) is 14.3. The van der Waals surface area contributed by atoms with Gasteiger partial charge in [-0.05, 0) is 54.4 Å². The largest absolute Gasteiger partial charge is 0.479 e. The van der Waals surface area contributed by atoms with E-state index in [4.69, 9.17) is 4.74 Å². The minimum absolute atomic E-state index is 0.0590. The molecule has 0 saturated carbocycles. The van der Waals surface area contributed by atoms with Crippen LogP contribution in [0.4, 0.5) is 23.4 Å². The Morgan fingerprint density at radius 2 is 1.83 bits per heavy atom. The molecule has 0 bridgehead atoms. The van der Waals surface area contributed by atoms with E-state index in [1.165, 1.54) is 18.3 Å². The molecule has 1 amide bonds. The molecule has 1 N–H and O–H groups in total. The summed E-state index contributed by atoms with van der Waals surface area (Å²) in [4.78, 5) is 16.2. The van der Waals surface area contributed by atoms with E-state index in [1.807, 2.05) is 0 Å². The van der Waals surface area contributed by atoms with Crippen molar-refractivity contribution in [2.24, 2.45) is 0 Å². The van der Waals surface area contributed by atoms with Gasteiger partial charge in [0.2, 0.25) is 0 Å². The second kappa shape index (κ2) is 7.33. The number of carbonyl (C=O) groups excluding carboxylic acids is 1. The zero-order valence-electron chi connectivity index (χ0n) is 15.5. The van der Waals surface area contributed by atoms with E-state index in [-0.39, 0.29) is 17.3 Å². The number of nitrogens with one attached hydrogen (secondary N) is 1. The summed E-state index contributed by atoms with van der Waals surface area (Å²) in [6.45, 7) is 0.820. The minimum atomic E-state index is -3.39. The van der Waals surface area contributed by atoms with Crippen LogP contribution in [-0.2, 0) is 0 Å². The molecule has 1 aliphatic heterocycles. The maximum atomic E-state index is 13.7. The highest BCUT2D eigenvalue weighted by Crippen LogP contribution is 2.41. The Kier molecular flexibility index (Phi) is 4.81. The molecular weight excluding hydrogens is 404 g/mol. The number of anilines is 1. The standard InChI is InChI=1S/C21H14F4N2O3/c1-11-7-17-16(29-10-21(24,25)30-17)8-13(11)12-5-6-18(26-9-12)27-20(28)19-14(22)3-2-4-15(19)23/h2-9H,10H2,1H3,(H,26,27,28). The molecule has 2 aromatic carbocycles. The predicted molar refractivity (Wildman–Crippen MR) is 99.8 cm³/mol. The van der Waals surface area contributed by atoms with Crippen molar-refractivity contribution in [1.82, 2.24) is 4.98 Å². The van der Waals surface area contributed by atoms with Crippen molar-refractivity contribution in [3.05, 3.63) is 71.4 Å². The second-order valence-electron chi connectivity index (χ2n) is 6.62. The maximum Gasteiger partial charge on any atom is 0.433 e. The summed E-state index contributed by atoms with van der Waals surface area (Å²) in [6.07, 6.45) is -1.96. The van der Waals surface area contributed by atoms with Gasteiger partial charge in [0.1, 0.15) is 23.0 Å². The monoisotopic (exact) mass is 418 g/mol. The highest BCUT2D eigenvalue weighted by atomic mass is 19.3. The number of carbonyl (C=O) groups is 1. The average molecular weight is 418 g/mol. The molecule has 0 spiro atoms. The van der Waals surface area contributed by atoms with Gasteiger partial charge in [0.15, 0.2) is 18.1 Å². The van der Waals surface area contributed by atoms with E-state index in [2.05, 4.69) is 15.0 Å². The van der Waals surface area contributed by atoms with E-state index in [0.29, 0.717) is 16.7 Å². The second-order valence-corrected chi connectivity index (χ2v) is 6.62. The number of nitrogens with zero attached hydrogens (tertiary/aromatic N) is 1. The number of hydrogen-bond acceptors (Lipinski definition) is 4. The molecule has 0 radical (unpaired) electrons. The van der Waals surface area contributed by atoms with Crippen LogP contribution >= 0.6 is 0 Å². The molecule has 1 aliphatic rings. The highest BCUT2D eigenvalue weighted by Gasteiger charge is 2.38. The summed E-state index contributed by atoms with van der Waals surface area (Å²) < 4.78 is 63.8. The van der Waals surface area contributed by atoms with E-state index in [0.717, 1.165) is 18.2 Å². The van der Waals surface area contributed by atoms with E-state index in [9.17, 15) is 22.4 Å². The van der Waals surface area contributed by atoms with Crippen molar-refractivity contribution in [3.8, 4) is 22.6 Å². The van der Waals surface area contributed by atoms with Crippen LogP contribution in [0.1, 0.15) is 15.9 Å². The molecule has 2 heterocycles. The van der Waals surface area contributed by atoms with Crippen LogP contribution < -0.4 is 14.8 Å². The molecule has 3 aromatic rings. The van der Waals surface area contributed by atoms with Gasteiger partial charge >= 0.3 is 6.11 Å². The smallest absolute Gasteiger partial charge is 0.433 e. The maximum absolute atomic E-state index is 13.7. The summed E-state index contributed by atoms with van der Waals surface area (Å²) in [6, 6.07) is 9.19. The number of hydrogen-bond donors (Lipinski definition) is 1. The molecule has 0 unspecified atom stereocenters. The number of aryl methyl sites for hydroxylation is 1. The fraction of sp³-hybridized carbons (Fsp3) is 0.143. The summed E-state index contributed by atoms with van der Waals surface area (Å²) >= 11 is 0. The average Bonchev–Trinajstić information content (AvgIpc) is 2.67. The lowest BCUT2D eigenvalue weighted by Crippen LogP contribution is -2.36. The van der Waals surface area contributed by atoms with E-state index < -0.39 is 35.8 Å². The highest BCUT2D eigenvalue weighted by molar-refractivity contribution is 6.04. The Morgan fingerprint density at radius 3 is 2.50 bits per heavy atom. The molecule has 1 aromatic heterocycles. The number of halogens is 4. The SMILES string of the molecule is Cc1cc2c(cc1-c1ccc(NC(=O)c3c(F)cccc3F)nc1)OCC(F)(F)O2. The van der Waals surface area contributed by atoms with Crippen molar-refractivity contribution >= 4 is 11.7 Å². The third kappa shape index (κ3) is 3.78. The van der Waals surface area contributed by atoms with Crippen molar-refractivity contribution in [2.75, 3.05) is 11.9 Å². The predicted octanol–water partition coefficient (Wildman–Crippen LogP) is 4.95. The van der Waals surface area contributed by atoms with Crippen LogP contribution in [0, 0.1) is 18.6 Å². The van der Waals surface area contributed by atoms with Crippen LogP contribution in [0.5, 0.6) is 11.5 Å². The van der Waals surface area contributed by atoms with Crippen LogP contribution in [0.15, 0.2) is 48.7 Å². The number of ether oxygens (including phenoxy) is 2. The van der Waals surface area contributed by atoms with Gasteiger partial charge < -0.3 is 14.8 Å². The molecule has 4 rings (SSSR count). The van der Waals surface area contributed by atoms with E-state index in [1.54, 1.807) is 19.1 Å².